The number of Topliss-reactive ketones (excluding diaryl/α,β-unsaturated/α-hetero) is 1. The van der Waals surface area contributed by atoms with Gasteiger partial charge in [0.05, 0.1) is 5.69 Å². The molecule has 9 heteroatoms. The van der Waals surface area contributed by atoms with Crippen LogP contribution in [0.3, 0.4) is 0 Å². The fourth-order valence-electron chi connectivity index (χ4n) is 4.50. The van der Waals surface area contributed by atoms with Crippen LogP contribution >= 0.6 is 0 Å². The van der Waals surface area contributed by atoms with E-state index in [2.05, 4.69) is 10.2 Å². The summed E-state index contributed by atoms with van der Waals surface area (Å²) in [4.78, 5) is 42.1. The Morgan fingerprint density at radius 2 is 1.92 bits per heavy atom. The first-order valence-corrected chi connectivity index (χ1v) is 12.3. The van der Waals surface area contributed by atoms with Crippen molar-refractivity contribution < 1.29 is 28.2 Å². The summed E-state index contributed by atoms with van der Waals surface area (Å²) in [5.74, 6) is -1.19. The highest BCUT2D eigenvalue weighted by Crippen LogP contribution is 2.34. The number of aryl methyl sites for hydroxylation is 1. The Hall–Kier alpha value is -3.46. The normalized spacial score (nSPS) is 16.6. The first kappa shape index (κ1) is 25.6. The number of likely N-dealkylation sites (tertiary alicyclic amines) is 1. The summed E-state index contributed by atoms with van der Waals surface area (Å²) in [6.07, 6.45) is 3.60. The number of nitrogens with one attached hydrogen (secondary N) is 1. The number of hydrogen-bond donors (Lipinski definition) is 1. The summed E-state index contributed by atoms with van der Waals surface area (Å²) in [5.41, 5.74) is 1.42. The fourth-order valence-corrected chi connectivity index (χ4v) is 4.50. The molecule has 0 aromatic heterocycles. The van der Waals surface area contributed by atoms with E-state index in [9.17, 15) is 18.8 Å². The zero-order chi connectivity index (χ0) is 25.7. The number of nitrogens with zero attached hydrogens (tertiary/aromatic N) is 2. The van der Waals surface area contributed by atoms with E-state index in [1.807, 2.05) is 0 Å². The van der Waals surface area contributed by atoms with E-state index in [0.717, 1.165) is 25.2 Å². The molecule has 0 radical (unpaired) electrons. The fraction of sp³-hybridized carbons (Fsp3) is 0.444. The Labute approximate surface area is 210 Å². The third-order valence-electron chi connectivity index (χ3n) is 6.55. The van der Waals surface area contributed by atoms with Gasteiger partial charge in [-0.15, -0.1) is 0 Å². The number of anilines is 1. The minimum absolute atomic E-state index is 0.00343. The van der Waals surface area contributed by atoms with Crippen molar-refractivity contribution in [2.24, 2.45) is 0 Å². The highest BCUT2D eigenvalue weighted by atomic mass is 19.1. The van der Waals surface area contributed by atoms with Crippen LogP contribution in [0.4, 0.5) is 10.1 Å². The van der Waals surface area contributed by atoms with Gasteiger partial charge in [-0.2, -0.15) is 0 Å². The molecule has 2 aromatic carbocycles. The van der Waals surface area contributed by atoms with E-state index in [-0.39, 0.29) is 36.3 Å². The molecule has 1 saturated heterocycles. The number of carbonyl (C=O) groups excluding carboxylic acids is 3. The second kappa shape index (κ2) is 11.5. The standard InChI is InChI=1S/C27H32FN3O5/c1-18-6-8-21(28)25(14-18)35-16-23(32)20-7-9-24-22(15-20)31(26(33)17-36-24)19(2)27(34)29-10-13-30-11-4-3-5-12-30/h6-9,14-15,19H,3-5,10-13,16-17H2,1-2H3,(H,29,34). The second-order valence-electron chi connectivity index (χ2n) is 9.25. The molecule has 2 aromatic rings. The van der Waals surface area contributed by atoms with Crippen molar-refractivity contribution in [2.75, 3.05) is 44.3 Å². The van der Waals surface area contributed by atoms with Crippen LogP contribution < -0.4 is 19.7 Å². The number of piperidine rings is 1. The van der Waals surface area contributed by atoms with Crippen molar-refractivity contribution in [1.29, 1.82) is 0 Å². The lowest BCUT2D eigenvalue weighted by molar-refractivity contribution is -0.127. The number of carbonyl (C=O) groups is 3. The van der Waals surface area contributed by atoms with Gasteiger partial charge in [0.15, 0.2) is 30.6 Å². The van der Waals surface area contributed by atoms with Crippen LogP contribution in [0, 0.1) is 12.7 Å². The van der Waals surface area contributed by atoms with Gasteiger partial charge in [-0.05, 0) is 75.7 Å². The molecule has 2 amide bonds. The van der Waals surface area contributed by atoms with Gasteiger partial charge < -0.3 is 19.7 Å². The minimum atomic E-state index is -0.788. The number of ether oxygens (including phenoxy) is 2. The van der Waals surface area contributed by atoms with E-state index in [0.29, 0.717) is 18.0 Å². The molecule has 1 N–H and O–H groups in total. The topological polar surface area (TPSA) is 88.2 Å². The molecule has 1 atom stereocenters. The smallest absolute Gasteiger partial charge is 0.265 e. The van der Waals surface area contributed by atoms with E-state index >= 15 is 0 Å². The first-order valence-electron chi connectivity index (χ1n) is 12.3. The average Bonchev–Trinajstić information content (AvgIpc) is 2.88. The summed E-state index contributed by atoms with van der Waals surface area (Å²) in [5, 5.41) is 2.93. The van der Waals surface area contributed by atoms with Crippen LogP contribution in [0.1, 0.15) is 42.1 Å². The molecule has 2 aliphatic heterocycles. The van der Waals surface area contributed by atoms with Gasteiger partial charge in [-0.3, -0.25) is 19.3 Å². The SMILES string of the molecule is Cc1ccc(F)c(OCC(=O)c2ccc3c(c2)N(C(C)C(=O)NCCN2CCCCC2)C(=O)CO3)c1. The van der Waals surface area contributed by atoms with Crippen LogP contribution in [0.5, 0.6) is 11.5 Å². The number of hydrogen-bond acceptors (Lipinski definition) is 6. The quantitative estimate of drug-likeness (QED) is 0.536. The van der Waals surface area contributed by atoms with Crippen molar-refractivity contribution in [3.8, 4) is 11.5 Å². The Morgan fingerprint density at radius 3 is 2.69 bits per heavy atom. The lowest BCUT2D eigenvalue weighted by Gasteiger charge is -2.34. The maximum atomic E-state index is 14.0. The maximum Gasteiger partial charge on any atom is 0.265 e. The van der Waals surface area contributed by atoms with Gasteiger partial charge >= 0.3 is 0 Å². The Kier molecular flexibility index (Phi) is 8.20. The largest absolute Gasteiger partial charge is 0.482 e. The van der Waals surface area contributed by atoms with Crippen LogP contribution in [-0.4, -0.2) is 67.9 Å². The van der Waals surface area contributed by atoms with Gasteiger partial charge in [-0.1, -0.05) is 12.5 Å². The summed E-state index contributed by atoms with van der Waals surface area (Å²) >= 11 is 0. The Bertz CT molecular complexity index is 1130. The number of amides is 2. The van der Waals surface area contributed by atoms with Gasteiger partial charge in [-0.25, -0.2) is 4.39 Å². The molecule has 0 spiro atoms. The van der Waals surface area contributed by atoms with Gasteiger partial charge in [0, 0.05) is 18.7 Å². The van der Waals surface area contributed by atoms with Crippen molar-refractivity contribution >= 4 is 23.3 Å². The summed E-state index contributed by atoms with van der Waals surface area (Å²) in [7, 11) is 0. The molecule has 1 unspecified atom stereocenters. The van der Waals surface area contributed by atoms with Crippen LogP contribution in [0.25, 0.3) is 0 Å². The molecule has 0 saturated carbocycles. The van der Waals surface area contributed by atoms with Gasteiger partial charge in [0.2, 0.25) is 5.91 Å². The molecule has 2 heterocycles. The van der Waals surface area contributed by atoms with Crippen LogP contribution in [-0.2, 0) is 9.59 Å². The highest BCUT2D eigenvalue weighted by molar-refractivity contribution is 6.05. The van der Waals surface area contributed by atoms with Crippen molar-refractivity contribution in [2.45, 2.75) is 39.2 Å². The molecule has 0 aliphatic carbocycles. The third kappa shape index (κ3) is 6.02. The highest BCUT2D eigenvalue weighted by Gasteiger charge is 2.33. The molecule has 0 bridgehead atoms. The third-order valence-corrected chi connectivity index (χ3v) is 6.55. The van der Waals surface area contributed by atoms with Crippen molar-refractivity contribution in [1.82, 2.24) is 10.2 Å². The average molecular weight is 498 g/mol. The predicted molar refractivity (Wildman–Crippen MR) is 133 cm³/mol. The van der Waals surface area contributed by atoms with Crippen LogP contribution in [0.15, 0.2) is 36.4 Å². The van der Waals surface area contributed by atoms with Crippen LogP contribution in [0.2, 0.25) is 0 Å². The van der Waals surface area contributed by atoms with E-state index in [1.165, 1.54) is 42.4 Å². The molecular weight excluding hydrogens is 465 g/mol. The number of benzene rings is 2. The lowest BCUT2D eigenvalue weighted by Crippen LogP contribution is -2.52. The monoisotopic (exact) mass is 497 g/mol. The molecule has 36 heavy (non-hydrogen) atoms. The summed E-state index contributed by atoms with van der Waals surface area (Å²) in [6.45, 7) is 6.24. The maximum absolute atomic E-state index is 14.0. The van der Waals surface area contributed by atoms with Gasteiger partial charge in [0.1, 0.15) is 11.8 Å². The zero-order valence-corrected chi connectivity index (χ0v) is 20.7. The van der Waals surface area contributed by atoms with E-state index in [1.54, 1.807) is 32.0 Å². The molecule has 8 nitrogen and oxygen atoms in total. The Morgan fingerprint density at radius 1 is 1.14 bits per heavy atom. The lowest BCUT2D eigenvalue weighted by atomic mass is 10.1. The molecule has 2 aliphatic rings. The van der Waals surface area contributed by atoms with Crippen molar-refractivity contribution in [3.05, 3.63) is 53.3 Å². The minimum Gasteiger partial charge on any atom is -0.482 e. The number of halogens is 1. The molecule has 4 rings (SSSR count). The molecular formula is C27H32FN3O5. The molecule has 192 valence electrons. The van der Waals surface area contributed by atoms with Crippen molar-refractivity contribution in [3.63, 3.8) is 0 Å². The number of fused-ring (bicyclic) bond motifs is 1. The number of rotatable bonds is 9. The predicted octanol–water partition coefficient (Wildman–Crippen LogP) is 3.11. The van der Waals surface area contributed by atoms with Gasteiger partial charge in [0.25, 0.3) is 5.91 Å². The molecule has 1 fully saturated rings. The second-order valence-corrected chi connectivity index (χ2v) is 9.25. The number of ketones is 1. The van der Waals surface area contributed by atoms with E-state index in [4.69, 9.17) is 9.47 Å². The zero-order valence-electron chi connectivity index (χ0n) is 20.7. The summed E-state index contributed by atoms with van der Waals surface area (Å²) < 4.78 is 24.9. The first-order chi connectivity index (χ1) is 17.3. The Balaban J connectivity index is 1.43. The van der Waals surface area contributed by atoms with E-state index < -0.39 is 17.6 Å². The summed E-state index contributed by atoms with van der Waals surface area (Å²) in [6, 6.07) is 8.31.